The number of thiazole rings is 1. The van der Waals surface area contributed by atoms with Gasteiger partial charge in [0.2, 0.25) is 5.91 Å². The highest BCUT2D eigenvalue weighted by Gasteiger charge is 2.05. The second-order valence-electron chi connectivity index (χ2n) is 4.27. The molecule has 1 N–H and O–H groups in total. The molecular formula is C15H18N2O2S. The molecule has 0 radical (unpaired) electrons. The van der Waals surface area contributed by atoms with Gasteiger partial charge in [0.15, 0.2) is 0 Å². The van der Waals surface area contributed by atoms with Crippen molar-refractivity contribution in [3.8, 4) is 10.6 Å². The average molecular weight is 290 g/mol. The van der Waals surface area contributed by atoms with Crippen LogP contribution in [0.4, 0.5) is 5.69 Å². The molecule has 0 aliphatic rings. The fourth-order valence-corrected chi connectivity index (χ4v) is 2.43. The molecule has 106 valence electrons. The number of nitrogens with one attached hydrogen (secondary N) is 1. The minimum absolute atomic E-state index is 0.0148. The summed E-state index contributed by atoms with van der Waals surface area (Å²) < 4.78 is 5.22. The van der Waals surface area contributed by atoms with Crippen molar-refractivity contribution < 1.29 is 9.53 Å². The summed E-state index contributed by atoms with van der Waals surface area (Å²) in [7, 11) is 0. The monoisotopic (exact) mass is 290 g/mol. The summed E-state index contributed by atoms with van der Waals surface area (Å²) in [5.41, 5.74) is 1.83. The van der Waals surface area contributed by atoms with Crippen molar-refractivity contribution in [1.29, 1.82) is 0 Å². The minimum atomic E-state index is 0.0148. The van der Waals surface area contributed by atoms with E-state index in [1.165, 1.54) is 0 Å². The zero-order valence-corrected chi connectivity index (χ0v) is 12.3. The summed E-state index contributed by atoms with van der Waals surface area (Å²) in [5.74, 6) is 0.0148. The van der Waals surface area contributed by atoms with E-state index in [1.54, 1.807) is 17.5 Å². The second-order valence-corrected chi connectivity index (χ2v) is 5.16. The number of hydrogen-bond donors (Lipinski definition) is 1. The lowest BCUT2D eigenvalue weighted by atomic mass is 10.2. The molecule has 1 aromatic heterocycles. The SMILES string of the molecule is CCOCCCC(=O)Nc1cccc(-c2nccs2)c1. The van der Waals surface area contributed by atoms with Gasteiger partial charge in [0.1, 0.15) is 5.01 Å². The molecule has 5 heteroatoms. The van der Waals surface area contributed by atoms with Gasteiger partial charge >= 0.3 is 0 Å². The lowest BCUT2D eigenvalue weighted by Crippen LogP contribution is -2.12. The first-order valence-electron chi connectivity index (χ1n) is 6.67. The highest BCUT2D eigenvalue weighted by Crippen LogP contribution is 2.24. The predicted octanol–water partition coefficient (Wildman–Crippen LogP) is 3.57. The normalized spacial score (nSPS) is 10.4. The lowest BCUT2D eigenvalue weighted by Gasteiger charge is -2.06. The van der Waals surface area contributed by atoms with Gasteiger partial charge in [-0.2, -0.15) is 0 Å². The maximum Gasteiger partial charge on any atom is 0.224 e. The molecule has 0 spiro atoms. The predicted molar refractivity (Wildman–Crippen MR) is 81.9 cm³/mol. The average Bonchev–Trinajstić information content (AvgIpc) is 2.98. The van der Waals surface area contributed by atoms with E-state index in [4.69, 9.17) is 4.74 Å². The van der Waals surface area contributed by atoms with Gasteiger partial charge in [-0.1, -0.05) is 12.1 Å². The summed E-state index contributed by atoms with van der Waals surface area (Å²) in [4.78, 5) is 16.1. The first-order chi connectivity index (χ1) is 9.79. The third kappa shape index (κ3) is 4.43. The Balaban J connectivity index is 1.90. The van der Waals surface area contributed by atoms with Crippen LogP contribution in [0.25, 0.3) is 10.6 Å². The van der Waals surface area contributed by atoms with Gasteiger partial charge in [0.25, 0.3) is 0 Å². The molecule has 0 saturated carbocycles. The van der Waals surface area contributed by atoms with E-state index >= 15 is 0 Å². The minimum Gasteiger partial charge on any atom is -0.382 e. The van der Waals surface area contributed by atoms with Crippen LogP contribution in [0.5, 0.6) is 0 Å². The molecule has 1 amide bonds. The second kappa shape index (κ2) is 7.77. The Morgan fingerprint density at radius 3 is 3.10 bits per heavy atom. The van der Waals surface area contributed by atoms with Gasteiger partial charge in [0, 0.05) is 42.5 Å². The summed E-state index contributed by atoms with van der Waals surface area (Å²) in [5, 5.41) is 5.80. The number of rotatable bonds is 7. The molecule has 1 heterocycles. The Morgan fingerprint density at radius 2 is 2.35 bits per heavy atom. The fraction of sp³-hybridized carbons (Fsp3) is 0.333. The van der Waals surface area contributed by atoms with E-state index in [0.29, 0.717) is 19.6 Å². The van der Waals surface area contributed by atoms with Crippen molar-refractivity contribution in [2.75, 3.05) is 18.5 Å². The Morgan fingerprint density at radius 1 is 1.45 bits per heavy atom. The number of carbonyl (C=O) groups is 1. The summed E-state index contributed by atoms with van der Waals surface area (Å²) in [6, 6.07) is 7.74. The van der Waals surface area contributed by atoms with Crippen molar-refractivity contribution in [1.82, 2.24) is 4.98 Å². The third-order valence-electron chi connectivity index (χ3n) is 2.72. The topological polar surface area (TPSA) is 51.2 Å². The fourth-order valence-electron chi connectivity index (χ4n) is 1.80. The summed E-state index contributed by atoms with van der Waals surface area (Å²) in [6.45, 7) is 3.27. The molecular weight excluding hydrogens is 272 g/mol. The Hall–Kier alpha value is -1.72. The Kier molecular flexibility index (Phi) is 5.70. The van der Waals surface area contributed by atoms with Gasteiger partial charge < -0.3 is 10.1 Å². The number of nitrogens with zero attached hydrogens (tertiary/aromatic N) is 1. The zero-order chi connectivity index (χ0) is 14.2. The van der Waals surface area contributed by atoms with Crippen molar-refractivity contribution >= 4 is 22.9 Å². The van der Waals surface area contributed by atoms with Crippen molar-refractivity contribution in [2.24, 2.45) is 0 Å². The van der Waals surface area contributed by atoms with Gasteiger partial charge in [-0.3, -0.25) is 4.79 Å². The van der Waals surface area contributed by atoms with Crippen LogP contribution in [0.1, 0.15) is 19.8 Å². The molecule has 2 aromatic rings. The maximum atomic E-state index is 11.8. The van der Waals surface area contributed by atoms with Crippen LogP contribution in [-0.2, 0) is 9.53 Å². The molecule has 0 saturated heterocycles. The van der Waals surface area contributed by atoms with Crippen molar-refractivity contribution in [2.45, 2.75) is 19.8 Å². The van der Waals surface area contributed by atoms with E-state index in [9.17, 15) is 4.79 Å². The van der Waals surface area contributed by atoms with Crippen LogP contribution in [0.3, 0.4) is 0 Å². The van der Waals surface area contributed by atoms with E-state index in [0.717, 1.165) is 22.7 Å². The molecule has 1 aromatic carbocycles. The first kappa shape index (κ1) is 14.7. The van der Waals surface area contributed by atoms with Crippen LogP contribution in [0, 0.1) is 0 Å². The number of aromatic nitrogens is 1. The van der Waals surface area contributed by atoms with Gasteiger partial charge in [-0.05, 0) is 25.5 Å². The van der Waals surface area contributed by atoms with Crippen LogP contribution in [-0.4, -0.2) is 24.1 Å². The van der Waals surface area contributed by atoms with Crippen molar-refractivity contribution in [3.63, 3.8) is 0 Å². The first-order valence-corrected chi connectivity index (χ1v) is 7.55. The van der Waals surface area contributed by atoms with Gasteiger partial charge in [-0.25, -0.2) is 4.98 Å². The van der Waals surface area contributed by atoms with Gasteiger partial charge in [-0.15, -0.1) is 11.3 Å². The number of benzene rings is 1. The molecule has 0 bridgehead atoms. The quantitative estimate of drug-likeness (QED) is 0.793. The third-order valence-corrected chi connectivity index (χ3v) is 3.54. The lowest BCUT2D eigenvalue weighted by molar-refractivity contribution is -0.116. The van der Waals surface area contributed by atoms with Crippen molar-refractivity contribution in [3.05, 3.63) is 35.8 Å². The van der Waals surface area contributed by atoms with Gasteiger partial charge in [0.05, 0.1) is 0 Å². The number of anilines is 1. The highest BCUT2D eigenvalue weighted by molar-refractivity contribution is 7.13. The number of amides is 1. The van der Waals surface area contributed by atoms with Crippen LogP contribution >= 0.6 is 11.3 Å². The van der Waals surface area contributed by atoms with E-state index < -0.39 is 0 Å². The van der Waals surface area contributed by atoms with E-state index in [1.807, 2.05) is 36.6 Å². The summed E-state index contributed by atoms with van der Waals surface area (Å²) >= 11 is 1.58. The van der Waals surface area contributed by atoms with Crippen LogP contribution < -0.4 is 5.32 Å². The maximum absolute atomic E-state index is 11.8. The number of hydrogen-bond acceptors (Lipinski definition) is 4. The highest BCUT2D eigenvalue weighted by atomic mass is 32.1. The zero-order valence-electron chi connectivity index (χ0n) is 11.5. The molecule has 0 atom stereocenters. The summed E-state index contributed by atoms with van der Waals surface area (Å²) in [6.07, 6.45) is 2.99. The largest absolute Gasteiger partial charge is 0.382 e. The standard InChI is InChI=1S/C15H18N2O2S/c1-2-19-9-4-7-14(18)17-13-6-3-5-12(11-13)15-16-8-10-20-15/h3,5-6,8,10-11H,2,4,7,9H2,1H3,(H,17,18). The molecule has 2 rings (SSSR count). The Bertz CT molecular complexity index is 541. The molecule has 0 unspecified atom stereocenters. The number of carbonyl (C=O) groups excluding carboxylic acids is 1. The van der Waals surface area contributed by atoms with E-state index in [2.05, 4.69) is 10.3 Å². The Labute approximate surface area is 122 Å². The molecule has 4 nitrogen and oxygen atoms in total. The molecule has 0 aliphatic carbocycles. The van der Waals surface area contributed by atoms with Crippen LogP contribution in [0.15, 0.2) is 35.8 Å². The molecule has 0 fully saturated rings. The van der Waals surface area contributed by atoms with E-state index in [-0.39, 0.29) is 5.91 Å². The molecule has 0 aliphatic heterocycles. The molecule has 20 heavy (non-hydrogen) atoms. The smallest absolute Gasteiger partial charge is 0.224 e. The number of ether oxygens (including phenoxy) is 1. The van der Waals surface area contributed by atoms with Crippen LogP contribution in [0.2, 0.25) is 0 Å².